The molecule has 0 N–H and O–H groups in total. The van der Waals surface area contributed by atoms with Crippen LogP contribution in [0, 0.1) is 19.8 Å². The number of aryl methyl sites for hydroxylation is 2. The van der Waals surface area contributed by atoms with E-state index in [9.17, 15) is 9.00 Å². The third-order valence-electron chi connectivity index (χ3n) is 7.10. The van der Waals surface area contributed by atoms with Gasteiger partial charge in [-0.15, -0.1) is 0 Å². The monoisotopic (exact) mass is 494 g/mol. The van der Waals surface area contributed by atoms with Crippen molar-refractivity contribution in [2.45, 2.75) is 37.6 Å². The van der Waals surface area contributed by atoms with Crippen LogP contribution in [0.3, 0.4) is 0 Å². The molecule has 0 radical (unpaired) electrons. The Morgan fingerprint density at radius 3 is 2.47 bits per heavy atom. The Bertz CT molecular complexity index is 844. The number of likely N-dealkylation sites (N-methyl/N-ethyl adjacent to an activating group) is 2. The van der Waals surface area contributed by atoms with Crippen LogP contribution in [0.25, 0.3) is 0 Å². The first-order valence-electron chi connectivity index (χ1n) is 12.2. The lowest BCUT2D eigenvalue weighted by molar-refractivity contribution is -0.136. The summed E-state index contributed by atoms with van der Waals surface area (Å²) in [6.07, 6.45) is 2.30. The summed E-state index contributed by atoms with van der Waals surface area (Å²) in [5, 5.41) is 0. The third kappa shape index (κ3) is 7.01. The third-order valence-corrected chi connectivity index (χ3v) is 8.84. The highest BCUT2D eigenvalue weighted by molar-refractivity contribution is 7.82. The average Bonchev–Trinajstić information content (AvgIpc) is 3.44. The second-order valence-corrected chi connectivity index (χ2v) is 11.4. The molecule has 2 saturated heterocycles. The molecule has 8 nitrogen and oxygen atoms in total. The molecule has 2 aliphatic heterocycles. The van der Waals surface area contributed by atoms with Crippen LogP contribution in [0.1, 0.15) is 24.0 Å². The van der Waals surface area contributed by atoms with Crippen molar-refractivity contribution in [1.29, 1.82) is 0 Å². The van der Waals surface area contributed by atoms with Gasteiger partial charge >= 0.3 is 0 Å². The van der Waals surface area contributed by atoms with Crippen LogP contribution < -0.4 is 4.74 Å². The highest BCUT2D eigenvalue weighted by atomic mass is 32.2. The first kappa shape index (κ1) is 27.1. The second-order valence-electron chi connectivity index (χ2n) is 9.87. The Morgan fingerprint density at radius 2 is 1.85 bits per heavy atom. The number of carbonyl (C=O) groups excluding carboxylic acids is 1. The zero-order valence-corrected chi connectivity index (χ0v) is 22.5. The molecule has 0 aromatic heterocycles. The Hall–Kier alpha value is -1.52. The second kappa shape index (κ2) is 12.4. The molecule has 9 heteroatoms. The maximum absolute atomic E-state index is 13.0. The van der Waals surface area contributed by atoms with Crippen LogP contribution in [0.2, 0.25) is 0 Å². The van der Waals surface area contributed by atoms with E-state index in [0.29, 0.717) is 13.2 Å². The van der Waals surface area contributed by atoms with E-state index in [4.69, 9.17) is 9.47 Å². The van der Waals surface area contributed by atoms with E-state index >= 15 is 0 Å². The number of benzene rings is 1. The summed E-state index contributed by atoms with van der Waals surface area (Å²) < 4.78 is 25.7. The minimum atomic E-state index is -1.30. The normalized spacial score (nSPS) is 22.4. The molecule has 2 heterocycles. The summed E-state index contributed by atoms with van der Waals surface area (Å²) in [4.78, 5) is 20.2. The number of likely N-dealkylation sites (tertiary alicyclic amines) is 2. The predicted molar refractivity (Wildman–Crippen MR) is 136 cm³/mol. The van der Waals surface area contributed by atoms with Gasteiger partial charge in [-0.05, 0) is 69.5 Å². The summed E-state index contributed by atoms with van der Waals surface area (Å²) in [5.41, 5.74) is 1.87. The predicted octanol–water partition coefficient (Wildman–Crippen LogP) is 1.77. The number of methoxy groups -OCH3 is 1. The summed E-state index contributed by atoms with van der Waals surface area (Å²) in [7, 11) is 6.22. The van der Waals surface area contributed by atoms with Gasteiger partial charge in [-0.3, -0.25) is 4.79 Å². The molecule has 0 spiro atoms. The van der Waals surface area contributed by atoms with Crippen molar-refractivity contribution in [3.05, 3.63) is 23.3 Å². The standard InChI is InChI=1S/C25H42N4O4S/c1-19-13-23(32-6)14-20(2)25(19)34(31)27(4)11-12-33-18-24(30)28(5)22-8-10-29(17-22)16-21-7-9-26(3)15-21/h13-14,21-22H,7-12,15-18H2,1-6H3/t21?,22-,34?/m1/s1. The van der Waals surface area contributed by atoms with Gasteiger partial charge in [0.25, 0.3) is 0 Å². The zero-order valence-electron chi connectivity index (χ0n) is 21.7. The van der Waals surface area contributed by atoms with E-state index in [1.165, 1.54) is 19.5 Å². The average molecular weight is 495 g/mol. The van der Waals surface area contributed by atoms with Gasteiger partial charge in [0.1, 0.15) is 23.3 Å². The molecule has 3 atom stereocenters. The van der Waals surface area contributed by atoms with Crippen LogP contribution in [0.5, 0.6) is 5.75 Å². The van der Waals surface area contributed by atoms with Crippen LogP contribution in [0.4, 0.5) is 0 Å². The van der Waals surface area contributed by atoms with E-state index in [1.54, 1.807) is 11.4 Å². The minimum absolute atomic E-state index is 0.0121. The van der Waals surface area contributed by atoms with Crippen molar-refractivity contribution in [2.24, 2.45) is 5.92 Å². The number of amides is 1. The molecule has 2 fully saturated rings. The smallest absolute Gasteiger partial charge is 0.248 e. The van der Waals surface area contributed by atoms with Crippen molar-refractivity contribution in [3.8, 4) is 5.75 Å². The first-order valence-corrected chi connectivity index (χ1v) is 13.3. The largest absolute Gasteiger partial charge is 0.497 e. The van der Waals surface area contributed by atoms with E-state index in [2.05, 4.69) is 16.8 Å². The first-order chi connectivity index (χ1) is 16.2. The molecule has 0 saturated carbocycles. The zero-order chi connectivity index (χ0) is 24.8. The van der Waals surface area contributed by atoms with E-state index in [1.807, 2.05) is 45.0 Å². The van der Waals surface area contributed by atoms with Crippen molar-refractivity contribution in [1.82, 2.24) is 19.0 Å². The van der Waals surface area contributed by atoms with Crippen LogP contribution in [-0.2, 0) is 20.5 Å². The summed E-state index contributed by atoms with van der Waals surface area (Å²) in [6.45, 7) is 10.3. The minimum Gasteiger partial charge on any atom is -0.497 e. The van der Waals surface area contributed by atoms with Crippen molar-refractivity contribution in [3.63, 3.8) is 0 Å². The number of ether oxygens (including phenoxy) is 2. The lowest BCUT2D eigenvalue weighted by Crippen LogP contribution is -2.41. The fourth-order valence-electron chi connectivity index (χ4n) is 5.04. The lowest BCUT2D eigenvalue weighted by atomic mass is 10.1. The van der Waals surface area contributed by atoms with Gasteiger partial charge in [0.05, 0.1) is 18.6 Å². The Balaban J connectivity index is 1.38. The van der Waals surface area contributed by atoms with Crippen LogP contribution >= 0.6 is 0 Å². The molecule has 2 aliphatic rings. The van der Waals surface area contributed by atoms with Crippen LogP contribution in [-0.4, -0.2) is 116 Å². The van der Waals surface area contributed by atoms with Gasteiger partial charge in [0.2, 0.25) is 5.91 Å². The summed E-state index contributed by atoms with van der Waals surface area (Å²) in [5.74, 6) is 1.53. The highest BCUT2D eigenvalue weighted by Crippen LogP contribution is 2.25. The maximum atomic E-state index is 13.0. The van der Waals surface area contributed by atoms with Crippen molar-refractivity contribution in [2.75, 3.05) is 80.7 Å². The molecule has 1 amide bonds. The van der Waals surface area contributed by atoms with E-state index < -0.39 is 11.0 Å². The molecular weight excluding hydrogens is 452 g/mol. The van der Waals surface area contributed by atoms with Gasteiger partial charge in [0, 0.05) is 52.9 Å². The van der Waals surface area contributed by atoms with Gasteiger partial charge in [-0.1, -0.05) is 0 Å². The number of carbonyl (C=O) groups is 1. The molecule has 0 bridgehead atoms. The van der Waals surface area contributed by atoms with Crippen molar-refractivity contribution >= 4 is 16.9 Å². The molecule has 2 unspecified atom stereocenters. The lowest BCUT2D eigenvalue weighted by Gasteiger charge is -2.26. The molecule has 0 aliphatic carbocycles. The SMILES string of the molecule is COc1cc(C)c(S(=O)N(C)CCOCC(=O)N(C)[C@@H]2CCN(CC3CCN(C)C3)C2)c(C)c1. The van der Waals surface area contributed by atoms with Gasteiger partial charge in [-0.2, -0.15) is 0 Å². The summed E-state index contributed by atoms with van der Waals surface area (Å²) in [6, 6.07) is 4.05. The highest BCUT2D eigenvalue weighted by Gasteiger charge is 2.31. The van der Waals surface area contributed by atoms with Gasteiger partial charge < -0.3 is 24.2 Å². The number of nitrogens with zero attached hydrogens (tertiary/aromatic N) is 4. The molecule has 192 valence electrons. The van der Waals surface area contributed by atoms with Gasteiger partial charge in [-0.25, -0.2) is 8.51 Å². The fourth-order valence-corrected chi connectivity index (χ4v) is 6.26. The number of hydrogen-bond acceptors (Lipinski definition) is 6. The Morgan fingerprint density at radius 1 is 1.15 bits per heavy atom. The fraction of sp³-hybridized carbons (Fsp3) is 0.720. The topological polar surface area (TPSA) is 65.6 Å². The Kier molecular flexibility index (Phi) is 9.91. The number of rotatable bonds is 11. The van der Waals surface area contributed by atoms with Crippen LogP contribution in [0.15, 0.2) is 17.0 Å². The maximum Gasteiger partial charge on any atom is 0.248 e. The molecule has 34 heavy (non-hydrogen) atoms. The number of hydrogen-bond donors (Lipinski definition) is 0. The quantitative estimate of drug-likeness (QED) is 0.437. The Labute approximate surface area is 207 Å². The van der Waals surface area contributed by atoms with E-state index in [-0.39, 0.29) is 18.6 Å². The molecular formula is C25H42N4O4S. The molecule has 1 aromatic rings. The van der Waals surface area contributed by atoms with Gasteiger partial charge in [0.15, 0.2) is 0 Å². The van der Waals surface area contributed by atoms with Crippen molar-refractivity contribution < 1.29 is 18.5 Å². The summed E-state index contributed by atoms with van der Waals surface area (Å²) >= 11 is 0. The van der Waals surface area contributed by atoms with E-state index in [0.717, 1.165) is 53.7 Å². The molecule has 1 aromatic carbocycles. The molecule has 3 rings (SSSR count).